The average molecular weight is 276 g/mol. The Kier molecular flexibility index (Phi) is 3.98. The minimum absolute atomic E-state index is 0.395. The van der Waals surface area contributed by atoms with Gasteiger partial charge in [0.1, 0.15) is 23.0 Å². The highest BCUT2D eigenvalue weighted by atomic mass is 16.5. The molecule has 0 spiro atoms. The summed E-state index contributed by atoms with van der Waals surface area (Å²) in [7, 11) is 4.63. The lowest BCUT2D eigenvalue weighted by Gasteiger charge is -2.13. The molecule has 0 radical (unpaired) electrons. The molecule has 1 aromatic carbocycles. The van der Waals surface area contributed by atoms with Gasteiger partial charge in [0.15, 0.2) is 0 Å². The van der Waals surface area contributed by atoms with Crippen LogP contribution in [0.4, 0.5) is 0 Å². The lowest BCUT2D eigenvalue weighted by atomic mass is 10.0. The molecular weight excluding hydrogens is 260 g/mol. The lowest BCUT2D eigenvalue weighted by molar-refractivity contribution is 0.391. The summed E-state index contributed by atoms with van der Waals surface area (Å²) in [5, 5.41) is 0. The number of aryl methyl sites for hydroxylation is 1. The molecule has 0 saturated heterocycles. The molecule has 0 amide bonds. The van der Waals surface area contributed by atoms with Gasteiger partial charge in [-0.05, 0) is 18.6 Å². The van der Waals surface area contributed by atoms with E-state index in [1.807, 2.05) is 13.0 Å². The van der Waals surface area contributed by atoms with Crippen molar-refractivity contribution in [3.05, 3.63) is 40.2 Å². The fraction of sp³-hybridized carbons (Fsp3) is 0.267. The predicted octanol–water partition coefficient (Wildman–Crippen LogP) is 2.64. The van der Waals surface area contributed by atoms with Crippen molar-refractivity contribution in [1.82, 2.24) is 0 Å². The summed E-state index contributed by atoms with van der Waals surface area (Å²) >= 11 is 0. The minimum atomic E-state index is -0.475. The van der Waals surface area contributed by atoms with E-state index in [0.717, 1.165) is 5.56 Å². The maximum absolute atomic E-state index is 11.6. The normalized spacial score (nSPS) is 10.2. The van der Waals surface area contributed by atoms with Crippen LogP contribution in [0.25, 0.3) is 11.3 Å². The SMILES string of the molecule is COc1cc(C)c(-c2cc(OC)cc(=O)o2)c(OC)c1. The van der Waals surface area contributed by atoms with Crippen LogP contribution < -0.4 is 19.8 Å². The Bertz CT molecular complexity index is 672. The molecule has 20 heavy (non-hydrogen) atoms. The molecule has 2 rings (SSSR count). The van der Waals surface area contributed by atoms with Crippen molar-refractivity contribution in [2.24, 2.45) is 0 Å². The number of rotatable bonds is 4. The molecule has 0 bridgehead atoms. The predicted molar refractivity (Wildman–Crippen MR) is 74.8 cm³/mol. The zero-order valence-electron chi connectivity index (χ0n) is 11.9. The van der Waals surface area contributed by atoms with Crippen LogP contribution in [0.2, 0.25) is 0 Å². The van der Waals surface area contributed by atoms with E-state index in [0.29, 0.717) is 28.6 Å². The van der Waals surface area contributed by atoms with Gasteiger partial charge in [0.05, 0.1) is 33.0 Å². The zero-order chi connectivity index (χ0) is 14.7. The number of benzene rings is 1. The van der Waals surface area contributed by atoms with Crippen molar-refractivity contribution in [2.75, 3.05) is 21.3 Å². The van der Waals surface area contributed by atoms with Gasteiger partial charge in [-0.3, -0.25) is 0 Å². The molecule has 0 fully saturated rings. The molecule has 0 aliphatic rings. The second-order valence-corrected chi connectivity index (χ2v) is 4.20. The highest BCUT2D eigenvalue weighted by Gasteiger charge is 2.15. The van der Waals surface area contributed by atoms with Gasteiger partial charge in [-0.25, -0.2) is 4.79 Å². The van der Waals surface area contributed by atoms with Crippen molar-refractivity contribution in [3.63, 3.8) is 0 Å². The molecule has 0 N–H and O–H groups in total. The molecule has 0 aliphatic carbocycles. The topological polar surface area (TPSA) is 57.9 Å². The van der Waals surface area contributed by atoms with Crippen molar-refractivity contribution in [2.45, 2.75) is 6.92 Å². The molecule has 0 saturated carbocycles. The molecule has 0 aliphatic heterocycles. The standard InChI is InChI=1S/C15H16O5/c1-9-5-10(17-2)6-12(19-4)15(9)13-7-11(18-3)8-14(16)20-13/h5-8H,1-4H3. The van der Waals surface area contributed by atoms with Gasteiger partial charge in [0, 0.05) is 12.1 Å². The van der Waals surface area contributed by atoms with Crippen molar-refractivity contribution in [1.29, 1.82) is 0 Å². The quantitative estimate of drug-likeness (QED) is 0.859. The average Bonchev–Trinajstić information content (AvgIpc) is 2.45. The molecule has 0 atom stereocenters. The first-order chi connectivity index (χ1) is 9.58. The van der Waals surface area contributed by atoms with Gasteiger partial charge in [0.2, 0.25) is 0 Å². The van der Waals surface area contributed by atoms with E-state index in [1.165, 1.54) is 13.2 Å². The van der Waals surface area contributed by atoms with E-state index in [4.69, 9.17) is 18.6 Å². The van der Waals surface area contributed by atoms with Crippen LogP contribution in [0.1, 0.15) is 5.56 Å². The van der Waals surface area contributed by atoms with Crippen LogP contribution in [0, 0.1) is 6.92 Å². The van der Waals surface area contributed by atoms with E-state index in [-0.39, 0.29) is 0 Å². The van der Waals surface area contributed by atoms with Crippen LogP contribution in [-0.2, 0) is 0 Å². The molecule has 1 heterocycles. The van der Waals surface area contributed by atoms with E-state index in [2.05, 4.69) is 0 Å². The summed E-state index contributed by atoms with van der Waals surface area (Å²) in [6, 6.07) is 6.52. The van der Waals surface area contributed by atoms with Crippen LogP contribution in [0.3, 0.4) is 0 Å². The van der Waals surface area contributed by atoms with Gasteiger partial charge in [-0.15, -0.1) is 0 Å². The first-order valence-corrected chi connectivity index (χ1v) is 6.01. The summed E-state index contributed by atoms with van der Waals surface area (Å²) in [5.41, 5.74) is 1.10. The largest absolute Gasteiger partial charge is 0.497 e. The molecule has 1 aromatic heterocycles. The molecular formula is C15H16O5. The summed E-state index contributed by atoms with van der Waals surface area (Å²) in [5.74, 6) is 2.08. The smallest absolute Gasteiger partial charge is 0.339 e. The summed E-state index contributed by atoms with van der Waals surface area (Å²) in [4.78, 5) is 11.6. The third-order valence-corrected chi connectivity index (χ3v) is 2.95. The Balaban J connectivity index is 2.68. The summed E-state index contributed by atoms with van der Waals surface area (Å²) < 4.78 is 20.9. The Morgan fingerprint density at radius 2 is 1.55 bits per heavy atom. The Morgan fingerprint density at radius 3 is 2.15 bits per heavy atom. The third-order valence-electron chi connectivity index (χ3n) is 2.95. The molecule has 5 heteroatoms. The van der Waals surface area contributed by atoms with E-state index >= 15 is 0 Å². The minimum Gasteiger partial charge on any atom is -0.497 e. The molecule has 5 nitrogen and oxygen atoms in total. The molecule has 0 unspecified atom stereocenters. The highest BCUT2D eigenvalue weighted by molar-refractivity contribution is 5.72. The van der Waals surface area contributed by atoms with Gasteiger partial charge in [0.25, 0.3) is 0 Å². The van der Waals surface area contributed by atoms with Crippen LogP contribution >= 0.6 is 0 Å². The molecule has 2 aromatic rings. The third kappa shape index (κ3) is 2.61. The number of ether oxygens (including phenoxy) is 3. The first kappa shape index (κ1) is 14.0. The second kappa shape index (κ2) is 5.69. The fourth-order valence-electron chi connectivity index (χ4n) is 2.01. The summed E-state index contributed by atoms with van der Waals surface area (Å²) in [6.07, 6.45) is 0. The van der Waals surface area contributed by atoms with Crippen LogP contribution in [0.15, 0.2) is 33.5 Å². The Labute approximate surface area is 116 Å². The van der Waals surface area contributed by atoms with E-state index in [9.17, 15) is 4.79 Å². The number of methoxy groups -OCH3 is 3. The maximum Gasteiger partial charge on any atom is 0.339 e. The second-order valence-electron chi connectivity index (χ2n) is 4.20. The molecule has 106 valence electrons. The van der Waals surface area contributed by atoms with Crippen molar-refractivity contribution < 1.29 is 18.6 Å². The van der Waals surface area contributed by atoms with Gasteiger partial charge in [-0.2, -0.15) is 0 Å². The Hall–Kier alpha value is -2.43. The van der Waals surface area contributed by atoms with Gasteiger partial charge < -0.3 is 18.6 Å². The van der Waals surface area contributed by atoms with Crippen molar-refractivity contribution >= 4 is 0 Å². The monoisotopic (exact) mass is 276 g/mol. The van der Waals surface area contributed by atoms with Crippen LogP contribution in [-0.4, -0.2) is 21.3 Å². The van der Waals surface area contributed by atoms with E-state index < -0.39 is 5.63 Å². The fourth-order valence-corrected chi connectivity index (χ4v) is 2.01. The number of hydrogen-bond acceptors (Lipinski definition) is 5. The Morgan fingerprint density at radius 1 is 0.900 bits per heavy atom. The lowest BCUT2D eigenvalue weighted by Crippen LogP contribution is -2.01. The van der Waals surface area contributed by atoms with Gasteiger partial charge >= 0.3 is 5.63 Å². The zero-order valence-corrected chi connectivity index (χ0v) is 11.9. The number of hydrogen-bond donors (Lipinski definition) is 0. The first-order valence-electron chi connectivity index (χ1n) is 6.01. The van der Waals surface area contributed by atoms with Gasteiger partial charge in [-0.1, -0.05) is 0 Å². The highest BCUT2D eigenvalue weighted by Crippen LogP contribution is 2.37. The van der Waals surface area contributed by atoms with E-state index in [1.54, 1.807) is 26.4 Å². The maximum atomic E-state index is 11.6. The summed E-state index contributed by atoms with van der Waals surface area (Å²) in [6.45, 7) is 1.89. The van der Waals surface area contributed by atoms with Crippen molar-refractivity contribution in [3.8, 4) is 28.6 Å². The van der Waals surface area contributed by atoms with Crippen LogP contribution in [0.5, 0.6) is 17.2 Å².